The summed E-state index contributed by atoms with van der Waals surface area (Å²) in [6, 6.07) is 10.7. The average Bonchev–Trinajstić information content (AvgIpc) is 2.98. The standard InChI is InChI=1S/C20H20N2O4/c1-4-25-20(24)14-7-5-6-8-15(14)21-18(23)11-16-19-13(3)9-12(2)10-17(19)26-22-16/h5-10H,4,11H2,1-3H3,(H,21,23). The lowest BCUT2D eigenvalue weighted by Crippen LogP contribution is -2.18. The number of aryl methyl sites for hydroxylation is 2. The van der Waals surface area contributed by atoms with Crippen molar-refractivity contribution in [3.63, 3.8) is 0 Å². The van der Waals surface area contributed by atoms with E-state index in [0.29, 0.717) is 22.5 Å². The lowest BCUT2D eigenvalue weighted by Gasteiger charge is -2.10. The molecule has 0 aliphatic rings. The van der Waals surface area contributed by atoms with E-state index in [4.69, 9.17) is 9.26 Å². The monoisotopic (exact) mass is 352 g/mol. The lowest BCUT2D eigenvalue weighted by molar-refractivity contribution is -0.115. The molecule has 0 aliphatic carbocycles. The summed E-state index contributed by atoms with van der Waals surface area (Å²) in [4.78, 5) is 24.5. The number of carbonyl (C=O) groups excluding carboxylic acids is 2. The zero-order chi connectivity index (χ0) is 18.7. The molecule has 0 spiro atoms. The fourth-order valence-corrected chi connectivity index (χ4v) is 2.97. The van der Waals surface area contributed by atoms with Gasteiger partial charge < -0.3 is 14.6 Å². The molecule has 0 saturated carbocycles. The minimum atomic E-state index is -0.471. The molecule has 26 heavy (non-hydrogen) atoms. The average molecular weight is 352 g/mol. The van der Waals surface area contributed by atoms with Gasteiger partial charge in [0.15, 0.2) is 5.58 Å². The number of aromatic nitrogens is 1. The Hall–Kier alpha value is -3.15. The van der Waals surface area contributed by atoms with Crippen molar-refractivity contribution in [3.05, 3.63) is 58.8 Å². The Bertz CT molecular complexity index is 975. The maximum Gasteiger partial charge on any atom is 0.340 e. The summed E-state index contributed by atoms with van der Waals surface area (Å²) in [6.45, 7) is 5.95. The fourth-order valence-electron chi connectivity index (χ4n) is 2.97. The van der Waals surface area contributed by atoms with Crippen LogP contribution in [0.1, 0.15) is 34.1 Å². The minimum absolute atomic E-state index is 0.0497. The molecule has 3 aromatic rings. The molecule has 0 unspecified atom stereocenters. The van der Waals surface area contributed by atoms with Crippen LogP contribution in [0.25, 0.3) is 11.0 Å². The van der Waals surface area contributed by atoms with Gasteiger partial charge in [0.2, 0.25) is 5.91 Å². The van der Waals surface area contributed by atoms with Crippen LogP contribution in [0.3, 0.4) is 0 Å². The van der Waals surface area contributed by atoms with Gasteiger partial charge in [-0.05, 0) is 50.1 Å². The molecule has 6 heteroatoms. The maximum atomic E-state index is 12.5. The van der Waals surface area contributed by atoms with E-state index in [1.54, 1.807) is 31.2 Å². The zero-order valence-electron chi connectivity index (χ0n) is 15.0. The van der Waals surface area contributed by atoms with Crippen LogP contribution in [0.5, 0.6) is 0 Å². The van der Waals surface area contributed by atoms with Crippen molar-refractivity contribution in [1.29, 1.82) is 0 Å². The SMILES string of the molecule is CCOC(=O)c1ccccc1NC(=O)Cc1noc2cc(C)cc(C)c12. The van der Waals surface area contributed by atoms with E-state index < -0.39 is 5.97 Å². The number of rotatable bonds is 5. The van der Waals surface area contributed by atoms with E-state index in [0.717, 1.165) is 16.5 Å². The molecule has 0 saturated heterocycles. The summed E-state index contributed by atoms with van der Waals surface area (Å²) in [5.41, 5.74) is 4.05. The third-order valence-electron chi connectivity index (χ3n) is 4.01. The summed E-state index contributed by atoms with van der Waals surface area (Å²) in [7, 11) is 0. The molecule has 0 radical (unpaired) electrons. The van der Waals surface area contributed by atoms with Gasteiger partial charge >= 0.3 is 5.97 Å². The van der Waals surface area contributed by atoms with Crippen molar-refractivity contribution in [2.24, 2.45) is 0 Å². The Morgan fingerprint density at radius 1 is 1.19 bits per heavy atom. The molecule has 2 aromatic carbocycles. The summed E-state index contributed by atoms with van der Waals surface area (Å²) >= 11 is 0. The Morgan fingerprint density at radius 3 is 2.73 bits per heavy atom. The van der Waals surface area contributed by atoms with Gasteiger partial charge in [0, 0.05) is 5.39 Å². The number of benzene rings is 2. The third-order valence-corrected chi connectivity index (χ3v) is 4.01. The molecule has 0 fully saturated rings. The number of hydrogen-bond donors (Lipinski definition) is 1. The van der Waals surface area contributed by atoms with Crippen LogP contribution < -0.4 is 5.32 Å². The molecule has 6 nitrogen and oxygen atoms in total. The smallest absolute Gasteiger partial charge is 0.340 e. The molecule has 134 valence electrons. The van der Waals surface area contributed by atoms with Crippen LogP contribution in [0.2, 0.25) is 0 Å². The van der Waals surface area contributed by atoms with Crippen LogP contribution in [-0.4, -0.2) is 23.6 Å². The Kier molecular flexibility index (Phi) is 5.02. The normalized spacial score (nSPS) is 10.7. The number of fused-ring (bicyclic) bond motifs is 1. The maximum absolute atomic E-state index is 12.5. The first kappa shape index (κ1) is 17.7. The van der Waals surface area contributed by atoms with Gasteiger partial charge in [-0.1, -0.05) is 23.4 Å². The molecule has 0 aliphatic heterocycles. The molecule has 3 rings (SSSR count). The van der Waals surface area contributed by atoms with Gasteiger partial charge in [0.25, 0.3) is 0 Å². The van der Waals surface area contributed by atoms with E-state index in [2.05, 4.69) is 10.5 Å². The van der Waals surface area contributed by atoms with Crippen LogP contribution in [0.15, 0.2) is 40.9 Å². The first-order valence-corrected chi connectivity index (χ1v) is 8.41. The molecule has 0 bridgehead atoms. The van der Waals surface area contributed by atoms with Gasteiger partial charge in [-0.2, -0.15) is 0 Å². The van der Waals surface area contributed by atoms with Crippen molar-refractivity contribution in [2.45, 2.75) is 27.2 Å². The highest BCUT2D eigenvalue weighted by Crippen LogP contribution is 2.25. The number of nitrogens with one attached hydrogen (secondary N) is 1. The third kappa shape index (κ3) is 3.59. The van der Waals surface area contributed by atoms with E-state index in [9.17, 15) is 9.59 Å². The van der Waals surface area contributed by atoms with Crippen molar-refractivity contribution < 1.29 is 18.8 Å². The predicted molar refractivity (Wildman–Crippen MR) is 98.2 cm³/mol. The molecular weight excluding hydrogens is 332 g/mol. The van der Waals surface area contributed by atoms with Gasteiger partial charge in [-0.25, -0.2) is 4.79 Å². The highest BCUT2D eigenvalue weighted by Gasteiger charge is 2.17. The van der Waals surface area contributed by atoms with Crippen molar-refractivity contribution >= 4 is 28.5 Å². The quantitative estimate of drug-likeness (QED) is 0.706. The fraction of sp³-hybridized carbons (Fsp3) is 0.250. The van der Waals surface area contributed by atoms with Gasteiger partial charge in [0.05, 0.1) is 24.3 Å². The van der Waals surface area contributed by atoms with Gasteiger partial charge in [0.1, 0.15) is 5.69 Å². The molecule has 0 atom stereocenters. The van der Waals surface area contributed by atoms with E-state index in [-0.39, 0.29) is 18.9 Å². The van der Waals surface area contributed by atoms with E-state index >= 15 is 0 Å². The van der Waals surface area contributed by atoms with Crippen molar-refractivity contribution in [3.8, 4) is 0 Å². The van der Waals surface area contributed by atoms with Crippen molar-refractivity contribution in [2.75, 3.05) is 11.9 Å². The van der Waals surface area contributed by atoms with Crippen LogP contribution in [0.4, 0.5) is 5.69 Å². The number of anilines is 1. The number of ether oxygens (including phenoxy) is 1. The second kappa shape index (κ2) is 7.39. The topological polar surface area (TPSA) is 81.4 Å². The van der Waals surface area contributed by atoms with Crippen LogP contribution in [-0.2, 0) is 16.0 Å². The molecular formula is C20H20N2O4. The Labute approximate surface area is 151 Å². The molecule has 1 aromatic heterocycles. The van der Waals surface area contributed by atoms with E-state index in [1.807, 2.05) is 26.0 Å². The number of carbonyl (C=O) groups is 2. The second-order valence-corrected chi connectivity index (χ2v) is 6.08. The summed E-state index contributed by atoms with van der Waals surface area (Å²) in [5, 5.41) is 7.65. The summed E-state index contributed by atoms with van der Waals surface area (Å²) in [6.07, 6.45) is 0.0497. The summed E-state index contributed by atoms with van der Waals surface area (Å²) in [5.74, 6) is -0.751. The van der Waals surface area contributed by atoms with Crippen molar-refractivity contribution in [1.82, 2.24) is 5.16 Å². The Morgan fingerprint density at radius 2 is 1.96 bits per heavy atom. The number of amides is 1. The largest absolute Gasteiger partial charge is 0.462 e. The van der Waals surface area contributed by atoms with Crippen LogP contribution >= 0.6 is 0 Å². The van der Waals surface area contributed by atoms with Gasteiger partial charge in [-0.3, -0.25) is 4.79 Å². The number of nitrogens with zero attached hydrogens (tertiary/aromatic N) is 1. The molecule has 1 heterocycles. The molecule has 1 N–H and O–H groups in total. The minimum Gasteiger partial charge on any atom is -0.462 e. The Balaban J connectivity index is 1.82. The first-order chi connectivity index (χ1) is 12.5. The number of hydrogen-bond acceptors (Lipinski definition) is 5. The molecule has 1 amide bonds. The zero-order valence-corrected chi connectivity index (χ0v) is 15.0. The first-order valence-electron chi connectivity index (χ1n) is 8.41. The summed E-state index contributed by atoms with van der Waals surface area (Å²) < 4.78 is 10.4. The lowest BCUT2D eigenvalue weighted by atomic mass is 10.0. The van der Waals surface area contributed by atoms with E-state index in [1.165, 1.54) is 0 Å². The highest BCUT2D eigenvalue weighted by atomic mass is 16.5. The second-order valence-electron chi connectivity index (χ2n) is 6.08. The number of esters is 1. The predicted octanol–water partition coefficient (Wildman–Crippen LogP) is 3.80. The van der Waals surface area contributed by atoms with Crippen LogP contribution in [0, 0.1) is 13.8 Å². The number of para-hydroxylation sites is 1. The highest BCUT2D eigenvalue weighted by molar-refractivity contribution is 6.02. The van der Waals surface area contributed by atoms with Gasteiger partial charge in [-0.15, -0.1) is 0 Å².